The van der Waals surface area contributed by atoms with E-state index < -0.39 is 0 Å². The number of furan rings is 1. The van der Waals surface area contributed by atoms with E-state index in [1.807, 2.05) is 440 Å². The van der Waals surface area contributed by atoms with E-state index >= 15 is 0 Å². The molecule has 0 radical (unpaired) electrons. The highest BCUT2D eigenvalue weighted by Crippen LogP contribution is 2.28. The normalized spacial score (nSPS) is 11.1. The van der Waals surface area contributed by atoms with Crippen molar-refractivity contribution in [3.8, 4) is 0 Å². The van der Waals surface area contributed by atoms with Gasteiger partial charge in [-0.25, -0.2) is 29.9 Å². The van der Waals surface area contributed by atoms with Crippen LogP contribution in [0.1, 0.15) is 486 Å². The van der Waals surface area contributed by atoms with Gasteiger partial charge in [-0.2, -0.15) is 10.2 Å². The first kappa shape index (κ1) is 165. The number of imidazole rings is 2. The van der Waals surface area contributed by atoms with Crippen LogP contribution in [0.3, 0.4) is 0 Å². The van der Waals surface area contributed by atoms with Crippen molar-refractivity contribution in [2.75, 3.05) is 0 Å². The SMILES string of the molecule is CC.CC.CC.CC.CC.CC.CC.CC.CC.CC.CC.CC.CC.CC.CC.CC.CC.CC.CC.CC.CC.CC.CC.CC.c1cc2c([nH]1)CCC2.c1cc2c(o1)CCC2.c1cc2c(s1)CCC2.c1cc2n(c1)CCCC2.c1cc2n(n1)CCC2.c1cc2n(n1)CCCC2.c1ccc2[nH]cnc2c1.c1ccc2ocnc2c1.c1ccc2scnc2c1.c1nc2c([nH]1)CCC2.c1nc2c(o1)CCC2.c1nc2c(s1)CCC2. The van der Waals surface area contributed by atoms with Gasteiger partial charge < -0.3 is 32.8 Å². The third-order valence-electron chi connectivity index (χ3n) is 19.2. The number of oxazole rings is 2. The molecule has 6 aliphatic carbocycles. The number of nitrogens with zero attached hydrogens (tertiary/aromatic N) is 11. The third-order valence-corrected chi connectivity index (χ3v) is 22.0. The van der Waals surface area contributed by atoms with Crippen molar-refractivity contribution in [1.82, 2.24) is 69.0 Å². The fourth-order valence-corrected chi connectivity index (χ4v) is 16.3. The number of aromatic amines is 3. The molecule has 0 atom stereocenters. The molecule has 0 bridgehead atoms. The molecular weight excluding hydrogens is 1890 g/mol. The summed E-state index contributed by atoms with van der Waals surface area (Å²) in [5.41, 5.74) is 24.3. The van der Waals surface area contributed by atoms with Crippen LogP contribution in [-0.4, -0.2) is 69.0 Å². The fraction of sp³-hybridized carbons (Fsp3) is 0.597. The summed E-state index contributed by atoms with van der Waals surface area (Å²) in [7, 11) is 0. The van der Waals surface area contributed by atoms with Crippen LogP contribution in [0.2, 0.25) is 0 Å². The minimum absolute atomic E-state index is 0.845. The van der Waals surface area contributed by atoms with Crippen molar-refractivity contribution in [2.24, 2.45) is 0 Å². The monoisotopic (exact) mass is 2130 g/mol. The van der Waals surface area contributed by atoms with Crippen LogP contribution in [0.25, 0.3) is 32.3 Å². The van der Waals surface area contributed by atoms with E-state index in [4.69, 9.17) is 13.3 Å². The second kappa shape index (κ2) is 135. The van der Waals surface area contributed by atoms with Gasteiger partial charge in [0.05, 0.1) is 68.3 Å². The van der Waals surface area contributed by atoms with Crippen molar-refractivity contribution in [1.29, 1.82) is 0 Å². The van der Waals surface area contributed by atoms with E-state index in [0.717, 1.165) is 65.8 Å². The van der Waals surface area contributed by atoms with Gasteiger partial charge in [-0.1, -0.05) is 369 Å². The Bertz CT molecular complexity index is 3940. The fourth-order valence-electron chi connectivity index (χ4n) is 13.8. The zero-order chi connectivity index (χ0) is 116. The second-order valence-corrected chi connectivity index (χ2v) is 28.8. The molecule has 0 saturated heterocycles. The average molecular weight is 2130 g/mol. The smallest absolute Gasteiger partial charge is 0.181 e. The summed E-state index contributed by atoms with van der Waals surface area (Å²) in [6.07, 6.45) is 49.2. The number of hydrogen-bond acceptors (Lipinski definition) is 14. The molecule has 149 heavy (non-hydrogen) atoms. The van der Waals surface area contributed by atoms with Crippen molar-refractivity contribution in [3.63, 3.8) is 0 Å². The van der Waals surface area contributed by atoms with E-state index in [-0.39, 0.29) is 0 Å². The van der Waals surface area contributed by atoms with E-state index in [2.05, 4.69) is 129 Å². The van der Waals surface area contributed by atoms with E-state index in [1.165, 1.54) is 239 Å². The summed E-state index contributed by atoms with van der Waals surface area (Å²) in [5.74, 6) is 2.31. The molecule has 17 nitrogen and oxygen atoms in total. The molecule has 9 aliphatic rings. The highest BCUT2D eigenvalue weighted by molar-refractivity contribution is 7.16. The number of fused-ring (bicyclic) bond motifs is 12. The predicted molar refractivity (Wildman–Crippen MR) is 678 cm³/mol. The molecule has 0 amide bonds. The van der Waals surface area contributed by atoms with Crippen LogP contribution in [0.15, 0.2) is 201 Å². The number of aromatic nitrogens is 14. The van der Waals surface area contributed by atoms with Crippen molar-refractivity contribution in [2.45, 2.75) is 519 Å². The lowest BCUT2D eigenvalue weighted by Gasteiger charge is -2.13. The Morgan fingerprint density at radius 2 is 0.732 bits per heavy atom. The summed E-state index contributed by atoms with van der Waals surface area (Å²) in [5, 5.41) is 10.5. The van der Waals surface area contributed by atoms with Crippen LogP contribution in [0, 0.1) is 0 Å². The van der Waals surface area contributed by atoms with Gasteiger partial charge in [0.25, 0.3) is 0 Å². The van der Waals surface area contributed by atoms with Crippen LogP contribution in [0.4, 0.5) is 0 Å². The Labute approximate surface area is 932 Å². The first-order valence-corrected chi connectivity index (χ1v) is 62.9. The van der Waals surface area contributed by atoms with Crippen LogP contribution in [-0.2, 0) is 116 Å². The number of rotatable bonds is 0. The topological polar surface area (TPSA) is 205 Å². The number of para-hydroxylation sites is 5. The molecule has 3 N–H and O–H groups in total. The molecule has 3 aromatic carbocycles. The van der Waals surface area contributed by atoms with Crippen molar-refractivity contribution in [3.05, 3.63) is 272 Å². The number of aryl methyl sites for hydroxylation is 18. The van der Waals surface area contributed by atoms with Gasteiger partial charge in [-0.15, -0.1) is 34.0 Å². The van der Waals surface area contributed by atoms with Gasteiger partial charge in [0.15, 0.2) is 18.4 Å². The average Bonchev–Trinajstić information content (AvgIpc) is 1.73. The Morgan fingerprint density at radius 1 is 0.268 bits per heavy atom. The molecule has 12 aromatic heterocycles. The Kier molecular flexibility index (Phi) is 149. The van der Waals surface area contributed by atoms with Crippen molar-refractivity contribution >= 4 is 66.4 Å². The first-order valence-electron chi connectivity index (χ1n) is 60.3. The highest BCUT2D eigenvalue weighted by atomic mass is 32.1. The van der Waals surface area contributed by atoms with Crippen molar-refractivity contribution < 1.29 is 13.3 Å². The summed E-state index contributed by atoms with van der Waals surface area (Å²) in [4.78, 5) is 37.0. The maximum Gasteiger partial charge on any atom is 0.181 e. The molecule has 24 rings (SSSR count). The number of benzene rings is 3. The van der Waals surface area contributed by atoms with Gasteiger partial charge in [0.1, 0.15) is 17.0 Å². The Morgan fingerprint density at radius 3 is 1.28 bits per heavy atom. The second-order valence-electron chi connectivity index (χ2n) is 26.0. The van der Waals surface area contributed by atoms with E-state index in [0.29, 0.717) is 0 Å². The molecule has 15 aromatic rings. The molecule has 0 fully saturated rings. The lowest BCUT2D eigenvalue weighted by atomic mass is 10.1. The molecular formula is C129H236N14O3S3. The largest absolute Gasteiger partial charge is 0.469 e. The molecule has 0 saturated carbocycles. The van der Waals surface area contributed by atoms with Gasteiger partial charge in [0, 0.05) is 95.5 Å². The number of H-pyrrole nitrogens is 3. The molecule has 3 aliphatic heterocycles. The Balaban J connectivity index is -0.000000133. The summed E-state index contributed by atoms with van der Waals surface area (Å²) in [6.45, 7) is 99.5. The van der Waals surface area contributed by atoms with Gasteiger partial charge >= 0.3 is 0 Å². The molecule has 15 heterocycles. The standard InChI is InChI=1S/C8H11N.C7H10N2.C7H6N2.C7H5NO.C7H5NS.C7H9N.C7H8O.C7H8S.2C6H8N2.C6H7NO.C6H7NS.24C2H6/c1-2-6-9-7-3-5-8(9)4-1;1-2-6-9-7(3-1)4-5-8-9;3*1-2-4-7-6(3-1)8-5-9-7;3*1-2-6-4-5-8-7(6)3-1;1-2-6-3-4-7-8(6)5-1;3*1-2-5-6(3-1)8-4-7-5;24*1-2/h3,5,7H,1-2,4,6H2;4-5H,1-3,6H2;1-5H,(H,8,9);2*1-5H;4-5,8H,1-3H2;2*4-5H,1-3H2;3-4H,1-2,5H2;4H,1-3H2,(H,7,8);2*4H,1-3H2;24*1-2H3. The Hall–Kier alpha value is -9.50. The summed E-state index contributed by atoms with van der Waals surface area (Å²) < 4.78 is 23.0. The quantitative estimate of drug-likeness (QED) is 0.130. The molecule has 20 heteroatoms. The third kappa shape index (κ3) is 73.4. The van der Waals surface area contributed by atoms with Gasteiger partial charge in [0.2, 0.25) is 0 Å². The molecule has 858 valence electrons. The maximum atomic E-state index is 5.18. The first-order chi connectivity index (χ1) is 74.1. The van der Waals surface area contributed by atoms with Crippen LogP contribution >= 0.6 is 34.0 Å². The number of thiophene rings is 1. The maximum absolute atomic E-state index is 5.18. The summed E-state index contributed by atoms with van der Waals surface area (Å²) >= 11 is 5.39. The minimum atomic E-state index is 0.845. The summed E-state index contributed by atoms with van der Waals surface area (Å²) in [6, 6.07) is 38.8. The predicted octanol–water partition coefficient (Wildman–Crippen LogP) is 43.4. The number of nitrogens with one attached hydrogen (secondary N) is 3. The zero-order valence-corrected chi connectivity index (χ0v) is 108. The number of thiazole rings is 2. The van der Waals surface area contributed by atoms with Crippen LogP contribution in [0.5, 0.6) is 0 Å². The number of hydrogen-bond donors (Lipinski definition) is 3. The van der Waals surface area contributed by atoms with Gasteiger partial charge in [-0.05, 0) is 255 Å². The van der Waals surface area contributed by atoms with E-state index in [1.54, 1.807) is 52.0 Å². The highest BCUT2D eigenvalue weighted by Gasteiger charge is 2.17. The lowest BCUT2D eigenvalue weighted by molar-refractivity contribution is 0.486. The van der Waals surface area contributed by atoms with E-state index in [9.17, 15) is 0 Å². The minimum Gasteiger partial charge on any atom is -0.469 e. The molecule has 0 unspecified atom stereocenters. The zero-order valence-electron chi connectivity index (χ0n) is 106. The molecule has 0 spiro atoms. The van der Waals surface area contributed by atoms with Gasteiger partial charge in [-0.3, -0.25) is 9.36 Å². The lowest BCUT2D eigenvalue weighted by Crippen LogP contribution is -2.10. The van der Waals surface area contributed by atoms with Crippen LogP contribution < -0.4 is 0 Å².